The maximum Gasteiger partial charge on any atom is 0.421 e. The second-order valence-corrected chi connectivity index (χ2v) is 8.21. The molecule has 1 aliphatic heterocycles. The fraction of sp³-hybridized carbons (Fsp3) is 0.524. The molecule has 32 heavy (non-hydrogen) atoms. The first-order valence-corrected chi connectivity index (χ1v) is 10.3. The zero-order valence-corrected chi connectivity index (χ0v) is 18.3. The van der Waals surface area contributed by atoms with E-state index >= 15 is 0 Å². The first kappa shape index (κ1) is 23.6. The molecule has 3 heterocycles. The predicted octanol–water partition coefficient (Wildman–Crippen LogP) is 3.16. The standard InChI is InChI=1S/C21H26F3N5O3/c1-12-7-26-19(27-8-12)28-10-14(3)29(11-13(28)2)20(31)32-15(4)5-16-6-17(21(22,23)24)18(30)25-9-16/h6-9,13-15H,5,10-11H2,1-4H3,(H,25,30)/t13-,14+,15+/m1/s1. The number of H-pyrrole nitrogens is 1. The van der Waals surface area contributed by atoms with Gasteiger partial charge in [0, 0.05) is 50.2 Å². The van der Waals surface area contributed by atoms with E-state index in [1.807, 2.05) is 25.7 Å². The minimum absolute atomic E-state index is 0.0344. The van der Waals surface area contributed by atoms with Crippen LogP contribution in [-0.2, 0) is 17.3 Å². The van der Waals surface area contributed by atoms with Crippen LogP contribution in [0.2, 0.25) is 0 Å². The lowest BCUT2D eigenvalue weighted by atomic mass is 10.1. The van der Waals surface area contributed by atoms with Crippen molar-refractivity contribution in [1.29, 1.82) is 0 Å². The van der Waals surface area contributed by atoms with E-state index in [1.54, 1.807) is 24.2 Å². The van der Waals surface area contributed by atoms with Crippen LogP contribution in [0.15, 0.2) is 29.5 Å². The monoisotopic (exact) mass is 453 g/mol. The molecule has 11 heteroatoms. The molecular formula is C21H26F3N5O3. The SMILES string of the molecule is Cc1cnc(N2C[C@H](C)N(C(=O)O[C@@H](C)Cc3c[nH]c(=O)c(C(F)(F)F)c3)C[C@H]2C)nc1. The normalized spacial score (nSPS) is 20.2. The number of aromatic nitrogens is 3. The molecule has 174 valence electrons. The average molecular weight is 453 g/mol. The number of alkyl halides is 3. The molecule has 3 rings (SSSR count). The zero-order valence-electron chi connectivity index (χ0n) is 18.3. The van der Waals surface area contributed by atoms with Crippen LogP contribution in [-0.4, -0.2) is 57.2 Å². The Bertz CT molecular complexity index is 1010. The van der Waals surface area contributed by atoms with Crippen LogP contribution in [0.25, 0.3) is 0 Å². The number of pyridine rings is 1. The lowest BCUT2D eigenvalue weighted by Crippen LogP contribution is -2.59. The van der Waals surface area contributed by atoms with E-state index in [0.29, 0.717) is 19.0 Å². The van der Waals surface area contributed by atoms with Crippen LogP contribution < -0.4 is 10.5 Å². The summed E-state index contributed by atoms with van der Waals surface area (Å²) in [6.07, 6.45) is -1.26. The van der Waals surface area contributed by atoms with Crippen molar-refractivity contribution in [3.05, 3.63) is 51.7 Å². The molecule has 1 amide bonds. The number of nitrogens with one attached hydrogen (secondary N) is 1. The van der Waals surface area contributed by atoms with Gasteiger partial charge in [0.1, 0.15) is 11.7 Å². The third-order valence-electron chi connectivity index (χ3n) is 5.34. The van der Waals surface area contributed by atoms with Crippen molar-refractivity contribution in [3.8, 4) is 0 Å². The van der Waals surface area contributed by atoms with Gasteiger partial charge in [-0.05, 0) is 44.9 Å². The smallest absolute Gasteiger partial charge is 0.421 e. The number of nitrogens with zero attached hydrogens (tertiary/aromatic N) is 4. The van der Waals surface area contributed by atoms with Gasteiger partial charge in [0.15, 0.2) is 0 Å². The molecule has 0 aliphatic carbocycles. The second-order valence-electron chi connectivity index (χ2n) is 8.21. The minimum atomic E-state index is -4.75. The van der Waals surface area contributed by atoms with Crippen LogP contribution in [0.1, 0.15) is 37.5 Å². The molecule has 2 aromatic heterocycles. The number of rotatable bonds is 4. The number of amides is 1. The van der Waals surface area contributed by atoms with Gasteiger partial charge in [-0.15, -0.1) is 0 Å². The highest BCUT2D eigenvalue weighted by Crippen LogP contribution is 2.27. The van der Waals surface area contributed by atoms with Crippen molar-refractivity contribution in [2.45, 2.75) is 58.5 Å². The van der Waals surface area contributed by atoms with Gasteiger partial charge in [0.25, 0.3) is 5.56 Å². The van der Waals surface area contributed by atoms with Crippen LogP contribution >= 0.6 is 0 Å². The number of hydrogen-bond acceptors (Lipinski definition) is 6. The molecule has 1 N–H and O–H groups in total. The summed E-state index contributed by atoms with van der Waals surface area (Å²) in [5, 5.41) is 0. The van der Waals surface area contributed by atoms with E-state index in [2.05, 4.69) is 15.0 Å². The molecule has 2 aromatic rings. The van der Waals surface area contributed by atoms with Crippen LogP contribution in [0.3, 0.4) is 0 Å². The molecule has 3 atom stereocenters. The summed E-state index contributed by atoms with van der Waals surface area (Å²) in [6.45, 7) is 8.25. The molecule has 0 bridgehead atoms. The first-order chi connectivity index (χ1) is 15.0. The lowest BCUT2D eigenvalue weighted by molar-refractivity contribution is -0.138. The first-order valence-electron chi connectivity index (χ1n) is 10.3. The maximum absolute atomic E-state index is 12.9. The molecule has 0 radical (unpaired) electrons. The summed E-state index contributed by atoms with van der Waals surface area (Å²) in [4.78, 5) is 38.6. The van der Waals surface area contributed by atoms with Crippen molar-refractivity contribution >= 4 is 12.0 Å². The molecule has 8 nitrogen and oxygen atoms in total. The largest absolute Gasteiger partial charge is 0.446 e. The highest BCUT2D eigenvalue weighted by atomic mass is 19.4. The van der Waals surface area contributed by atoms with E-state index < -0.39 is 29.5 Å². The van der Waals surface area contributed by atoms with Gasteiger partial charge >= 0.3 is 12.3 Å². The van der Waals surface area contributed by atoms with Crippen LogP contribution in [0.4, 0.5) is 23.9 Å². The predicted molar refractivity (Wildman–Crippen MR) is 111 cm³/mol. The fourth-order valence-corrected chi connectivity index (χ4v) is 3.66. The summed E-state index contributed by atoms with van der Waals surface area (Å²) in [5.41, 5.74) is -1.30. The van der Waals surface area contributed by atoms with Gasteiger partial charge in [-0.25, -0.2) is 14.8 Å². The van der Waals surface area contributed by atoms with Gasteiger partial charge in [0.05, 0.1) is 0 Å². The number of hydrogen-bond donors (Lipinski definition) is 1. The average Bonchev–Trinajstić information content (AvgIpc) is 2.70. The summed E-state index contributed by atoms with van der Waals surface area (Å²) in [7, 11) is 0. The lowest BCUT2D eigenvalue weighted by Gasteiger charge is -2.43. The number of carbonyl (C=O) groups is 1. The van der Waals surface area contributed by atoms with Crippen molar-refractivity contribution < 1.29 is 22.7 Å². The highest BCUT2D eigenvalue weighted by Gasteiger charge is 2.36. The molecular weight excluding hydrogens is 427 g/mol. The number of aromatic amines is 1. The van der Waals surface area contributed by atoms with Gasteiger partial charge in [-0.3, -0.25) is 4.79 Å². The summed E-state index contributed by atoms with van der Waals surface area (Å²) in [6, 6.07) is 0.555. The highest BCUT2D eigenvalue weighted by molar-refractivity contribution is 5.69. The van der Waals surface area contributed by atoms with E-state index in [-0.39, 0.29) is 24.1 Å². The van der Waals surface area contributed by atoms with Gasteiger partial charge in [-0.2, -0.15) is 13.2 Å². The number of anilines is 1. The van der Waals surface area contributed by atoms with Crippen molar-refractivity contribution in [1.82, 2.24) is 19.9 Å². The van der Waals surface area contributed by atoms with Crippen molar-refractivity contribution in [2.75, 3.05) is 18.0 Å². The Morgan fingerprint density at radius 2 is 1.91 bits per heavy atom. The maximum atomic E-state index is 12.9. The molecule has 0 unspecified atom stereocenters. The van der Waals surface area contributed by atoms with E-state index in [4.69, 9.17) is 4.74 Å². The molecule has 1 aliphatic rings. The Morgan fingerprint density at radius 1 is 1.25 bits per heavy atom. The third-order valence-corrected chi connectivity index (χ3v) is 5.34. The number of carbonyl (C=O) groups excluding carboxylic acids is 1. The summed E-state index contributed by atoms with van der Waals surface area (Å²) < 4.78 is 44.3. The Morgan fingerprint density at radius 3 is 2.53 bits per heavy atom. The minimum Gasteiger partial charge on any atom is -0.446 e. The van der Waals surface area contributed by atoms with Gasteiger partial charge in [-0.1, -0.05) is 0 Å². The molecule has 0 spiro atoms. The second kappa shape index (κ2) is 9.17. The molecule has 1 fully saturated rings. The third kappa shape index (κ3) is 5.38. The van der Waals surface area contributed by atoms with Gasteiger partial charge < -0.3 is 19.5 Å². The van der Waals surface area contributed by atoms with E-state index in [1.165, 1.54) is 6.20 Å². The molecule has 0 saturated carbocycles. The van der Waals surface area contributed by atoms with Crippen molar-refractivity contribution in [2.24, 2.45) is 0 Å². The fourth-order valence-electron chi connectivity index (χ4n) is 3.66. The number of aryl methyl sites for hydroxylation is 1. The summed E-state index contributed by atoms with van der Waals surface area (Å²) in [5.74, 6) is 0.592. The molecule has 0 aromatic carbocycles. The van der Waals surface area contributed by atoms with Gasteiger partial charge in [0.2, 0.25) is 5.95 Å². The van der Waals surface area contributed by atoms with Crippen molar-refractivity contribution in [3.63, 3.8) is 0 Å². The number of piperazine rings is 1. The number of halogens is 3. The van der Waals surface area contributed by atoms with E-state index in [9.17, 15) is 22.8 Å². The van der Waals surface area contributed by atoms with Crippen LogP contribution in [0, 0.1) is 6.92 Å². The Labute approximate surface area is 183 Å². The van der Waals surface area contributed by atoms with E-state index in [0.717, 1.165) is 11.6 Å². The summed E-state index contributed by atoms with van der Waals surface area (Å²) >= 11 is 0. The number of ether oxygens (including phenoxy) is 1. The Kier molecular flexibility index (Phi) is 6.75. The zero-order chi connectivity index (χ0) is 23.6. The Hall–Kier alpha value is -3.11. The quantitative estimate of drug-likeness (QED) is 0.765. The molecule has 1 saturated heterocycles. The Balaban J connectivity index is 1.62. The topological polar surface area (TPSA) is 91.4 Å². The van der Waals surface area contributed by atoms with Crippen LogP contribution in [0.5, 0.6) is 0 Å².